The molecule has 0 bridgehead atoms. The van der Waals surface area contributed by atoms with Gasteiger partial charge >= 0.3 is 0 Å². The summed E-state index contributed by atoms with van der Waals surface area (Å²) in [6.45, 7) is 1.81. The smallest absolute Gasteiger partial charge is 0.162 e. The van der Waals surface area contributed by atoms with Gasteiger partial charge in [-0.25, -0.2) is 0 Å². The van der Waals surface area contributed by atoms with Crippen molar-refractivity contribution in [2.24, 2.45) is 0 Å². The predicted molar refractivity (Wildman–Crippen MR) is 55.0 cm³/mol. The summed E-state index contributed by atoms with van der Waals surface area (Å²) >= 11 is 0. The van der Waals surface area contributed by atoms with Crippen LogP contribution in [-0.4, -0.2) is 10.9 Å². The largest absolute Gasteiger partial charge is 0.507 e. The van der Waals surface area contributed by atoms with Crippen molar-refractivity contribution in [1.29, 1.82) is 0 Å². The number of carbonyl (C=O) groups is 1. The molecule has 0 radical (unpaired) electrons. The Morgan fingerprint density at radius 1 is 1.43 bits per heavy atom. The van der Waals surface area contributed by atoms with Crippen LogP contribution in [0.1, 0.15) is 24.5 Å². The second kappa shape index (κ2) is 3.29. The van der Waals surface area contributed by atoms with Crippen LogP contribution in [0.2, 0.25) is 0 Å². The minimum atomic E-state index is 0.0405. The fraction of sp³-hybridized carbons (Fsp3) is 0.250. The zero-order valence-electron chi connectivity index (χ0n) is 8.08. The van der Waals surface area contributed by atoms with Crippen molar-refractivity contribution >= 4 is 11.5 Å². The van der Waals surface area contributed by atoms with Gasteiger partial charge in [-0.1, -0.05) is 31.2 Å². The Labute approximate surface area is 82.9 Å². The summed E-state index contributed by atoms with van der Waals surface area (Å²) in [6, 6.07) is 7.59. The van der Waals surface area contributed by atoms with E-state index in [9.17, 15) is 9.90 Å². The molecule has 1 aromatic rings. The van der Waals surface area contributed by atoms with Crippen LogP contribution in [0.25, 0.3) is 5.76 Å². The molecule has 0 saturated heterocycles. The Bertz CT molecular complexity index is 416. The molecule has 0 aromatic heterocycles. The number of aliphatic hydroxyl groups excluding tert-OH is 1. The number of Topliss-reactive ketones (excluding diaryl/α,β-unsaturated/α-hetero) is 1. The van der Waals surface area contributed by atoms with E-state index in [-0.39, 0.29) is 11.5 Å². The van der Waals surface area contributed by atoms with Gasteiger partial charge in [-0.15, -0.1) is 0 Å². The highest BCUT2D eigenvalue weighted by molar-refractivity contribution is 6.03. The molecule has 2 nitrogen and oxygen atoms in total. The van der Waals surface area contributed by atoms with Crippen LogP contribution in [-0.2, 0) is 11.2 Å². The van der Waals surface area contributed by atoms with Gasteiger partial charge in [0, 0.05) is 24.0 Å². The summed E-state index contributed by atoms with van der Waals surface area (Å²) in [7, 11) is 0. The molecule has 1 aliphatic carbocycles. The third-order valence-corrected chi connectivity index (χ3v) is 2.58. The van der Waals surface area contributed by atoms with E-state index in [1.165, 1.54) is 0 Å². The summed E-state index contributed by atoms with van der Waals surface area (Å²) in [4.78, 5) is 11.5. The first-order valence-corrected chi connectivity index (χ1v) is 4.77. The van der Waals surface area contributed by atoms with Gasteiger partial charge in [0.05, 0.1) is 0 Å². The summed E-state index contributed by atoms with van der Waals surface area (Å²) in [5.74, 6) is 0.214. The highest BCUT2D eigenvalue weighted by atomic mass is 16.3. The molecule has 72 valence electrons. The molecule has 0 heterocycles. The average Bonchev–Trinajstić information content (AvgIpc) is 2.56. The van der Waals surface area contributed by atoms with Crippen molar-refractivity contribution in [3.8, 4) is 0 Å². The lowest BCUT2D eigenvalue weighted by atomic mass is 10.1. The van der Waals surface area contributed by atoms with Gasteiger partial charge in [-0.05, 0) is 5.56 Å². The standard InChI is InChI=1S/C12H12O2/c1-2-11(13)10-7-8-5-3-4-6-9(8)12(10)14/h3-6,14H,2,7H2,1H3. The van der Waals surface area contributed by atoms with Gasteiger partial charge in [0.2, 0.25) is 0 Å². The van der Waals surface area contributed by atoms with E-state index in [1.807, 2.05) is 31.2 Å². The molecule has 0 fully saturated rings. The van der Waals surface area contributed by atoms with E-state index in [4.69, 9.17) is 0 Å². The van der Waals surface area contributed by atoms with Crippen molar-refractivity contribution < 1.29 is 9.90 Å². The number of hydrogen-bond donors (Lipinski definition) is 1. The summed E-state index contributed by atoms with van der Waals surface area (Å²) in [5, 5.41) is 9.80. The zero-order chi connectivity index (χ0) is 10.1. The maximum atomic E-state index is 11.5. The number of rotatable bonds is 2. The number of hydrogen-bond acceptors (Lipinski definition) is 2. The first-order valence-electron chi connectivity index (χ1n) is 4.77. The van der Waals surface area contributed by atoms with Crippen LogP contribution < -0.4 is 0 Å². The van der Waals surface area contributed by atoms with Crippen molar-refractivity contribution in [2.75, 3.05) is 0 Å². The molecule has 14 heavy (non-hydrogen) atoms. The van der Waals surface area contributed by atoms with Gasteiger partial charge in [0.1, 0.15) is 5.76 Å². The molecule has 0 saturated carbocycles. The predicted octanol–water partition coefficient (Wildman–Crippen LogP) is 2.49. The van der Waals surface area contributed by atoms with Gasteiger partial charge in [0.15, 0.2) is 5.78 Å². The highest BCUT2D eigenvalue weighted by Gasteiger charge is 2.24. The van der Waals surface area contributed by atoms with Gasteiger partial charge in [-0.3, -0.25) is 4.79 Å². The van der Waals surface area contributed by atoms with Gasteiger partial charge in [-0.2, -0.15) is 0 Å². The number of carbonyl (C=O) groups excluding carboxylic acids is 1. The third-order valence-electron chi connectivity index (χ3n) is 2.58. The Hall–Kier alpha value is -1.57. The molecule has 0 amide bonds. The van der Waals surface area contributed by atoms with Crippen molar-refractivity contribution in [2.45, 2.75) is 19.8 Å². The van der Waals surface area contributed by atoms with E-state index < -0.39 is 0 Å². The first-order chi connectivity index (χ1) is 6.74. The molecule has 1 aromatic carbocycles. The lowest BCUT2D eigenvalue weighted by molar-refractivity contribution is -0.115. The average molecular weight is 188 g/mol. The maximum absolute atomic E-state index is 11.5. The number of aliphatic hydroxyl groups is 1. The van der Waals surface area contributed by atoms with Crippen LogP contribution in [0.15, 0.2) is 29.8 Å². The Kier molecular flexibility index (Phi) is 2.12. The maximum Gasteiger partial charge on any atom is 0.162 e. The normalized spacial score (nSPS) is 14.4. The molecular weight excluding hydrogens is 176 g/mol. The fourth-order valence-electron chi connectivity index (χ4n) is 1.79. The van der Waals surface area contributed by atoms with E-state index in [1.54, 1.807) is 0 Å². The number of ketones is 1. The van der Waals surface area contributed by atoms with E-state index in [0.717, 1.165) is 11.1 Å². The third kappa shape index (κ3) is 1.23. The van der Waals surface area contributed by atoms with Crippen LogP contribution in [0.5, 0.6) is 0 Å². The van der Waals surface area contributed by atoms with Crippen molar-refractivity contribution in [3.63, 3.8) is 0 Å². The quantitative estimate of drug-likeness (QED) is 0.774. The molecule has 0 spiro atoms. The monoisotopic (exact) mass is 188 g/mol. The lowest BCUT2D eigenvalue weighted by Gasteiger charge is -1.97. The second-order valence-corrected chi connectivity index (χ2v) is 3.44. The topological polar surface area (TPSA) is 37.3 Å². The van der Waals surface area contributed by atoms with Crippen LogP contribution in [0.3, 0.4) is 0 Å². The molecule has 1 N–H and O–H groups in total. The van der Waals surface area contributed by atoms with E-state index in [2.05, 4.69) is 0 Å². The molecule has 0 atom stereocenters. The van der Waals surface area contributed by atoms with Gasteiger partial charge in [0.25, 0.3) is 0 Å². The molecule has 1 aliphatic rings. The number of fused-ring (bicyclic) bond motifs is 1. The number of allylic oxidation sites excluding steroid dienone is 1. The summed E-state index contributed by atoms with van der Waals surface area (Å²) in [6.07, 6.45) is 1.03. The number of benzene rings is 1. The first kappa shape index (κ1) is 9.00. The SMILES string of the molecule is CCC(=O)C1=C(O)c2ccccc2C1. The fourth-order valence-corrected chi connectivity index (χ4v) is 1.79. The Morgan fingerprint density at radius 3 is 2.79 bits per heavy atom. The van der Waals surface area contributed by atoms with Crippen LogP contribution in [0.4, 0.5) is 0 Å². The summed E-state index contributed by atoms with van der Waals surface area (Å²) < 4.78 is 0. The van der Waals surface area contributed by atoms with Crippen LogP contribution >= 0.6 is 0 Å². The minimum Gasteiger partial charge on any atom is -0.507 e. The summed E-state index contributed by atoms with van der Waals surface area (Å²) in [5.41, 5.74) is 2.42. The van der Waals surface area contributed by atoms with Gasteiger partial charge < -0.3 is 5.11 Å². The lowest BCUT2D eigenvalue weighted by Crippen LogP contribution is -2.01. The van der Waals surface area contributed by atoms with Crippen molar-refractivity contribution in [1.82, 2.24) is 0 Å². The van der Waals surface area contributed by atoms with E-state index >= 15 is 0 Å². The molecule has 0 aliphatic heterocycles. The molecule has 2 rings (SSSR count). The highest BCUT2D eigenvalue weighted by Crippen LogP contribution is 2.31. The Balaban J connectivity index is 2.44. The van der Waals surface area contributed by atoms with E-state index in [0.29, 0.717) is 18.4 Å². The minimum absolute atomic E-state index is 0.0405. The van der Waals surface area contributed by atoms with Crippen LogP contribution in [0, 0.1) is 0 Å². The molecule has 2 heteroatoms. The second-order valence-electron chi connectivity index (χ2n) is 3.44. The zero-order valence-corrected chi connectivity index (χ0v) is 8.08. The Morgan fingerprint density at radius 2 is 2.14 bits per heavy atom. The molecular formula is C12H12O2. The molecule has 0 unspecified atom stereocenters. The van der Waals surface area contributed by atoms with Crippen molar-refractivity contribution in [3.05, 3.63) is 41.0 Å².